The lowest BCUT2D eigenvalue weighted by Crippen LogP contribution is -2.43. The van der Waals surface area contributed by atoms with E-state index in [0.717, 1.165) is 25.8 Å². The SMILES string of the molecule is CC1(c2nc(-c3ccc([N+](=O)[O-])cc3)no2)CCCCN1. The molecule has 1 aliphatic heterocycles. The van der Waals surface area contributed by atoms with Crippen molar-refractivity contribution in [3.63, 3.8) is 0 Å². The number of non-ortho nitro benzene ring substituents is 1. The number of benzene rings is 1. The molecule has 1 atom stereocenters. The Hall–Kier alpha value is -2.28. The van der Waals surface area contributed by atoms with Crippen LogP contribution in [0, 0.1) is 10.1 Å². The van der Waals surface area contributed by atoms with E-state index in [1.807, 2.05) is 0 Å². The van der Waals surface area contributed by atoms with E-state index < -0.39 is 4.92 Å². The van der Waals surface area contributed by atoms with Gasteiger partial charge in [-0.05, 0) is 44.9 Å². The highest BCUT2D eigenvalue weighted by atomic mass is 16.6. The Labute approximate surface area is 121 Å². The average Bonchev–Trinajstić information content (AvgIpc) is 2.99. The number of nitro benzene ring substituents is 1. The van der Waals surface area contributed by atoms with Crippen molar-refractivity contribution in [1.29, 1.82) is 0 Å². The summed E-state index contributed by atoms with van der Waals surface area (Å²) in [6, 6.07) is 6.13. The van der Waals surface area contributed by atoms with Gasteiger partial charge in [-0.25, -0.2) is 0 Å². The summed E-state index contributed by atoms with van der Waals surface area (Å²) in [4.78, 5) is 14.7. The van der Waals surface area contributed by atoms with Crippen molar-refractivity contribution in [2.24, 2.45) is 0 Å². The zero-order valence-corrected chi connectivity index (χ0v) is 11.7. The van der Waals surface area contributed by atoms with Gasteiger partial charge in [-0.3, -0.25) is 10.1 Å². The fraction of sp³-hybridized carbons (Fsp3) is 0.429. The number of nitrogens with zero attached hydrogens (tertiary/aromatic N) is 3. The first kappa shape index (κ1) is 13.7. The van der Waals surface area contributed by atoms with E-state index in [2.05, 4.69) is 22.4 Å². The van der Waals surface area contributed by atoms with Crippen LogP contribution in [0.5, 0.6) is 0 Å². The minimum absolute atomic E-state index is 0.0448. The number of piperidine rings is 1. The summed E-state index contributed by atoms with van der Waals surface area (Å²) in [5.74, 6) is 1.02. The minimum atomic E-state index is -0.432. The van der Waals surface area contributed by atoms with Gasteiger partial charge in [0.15, 0.2) is 0 Å². The van der Waals surface area contributed by atoms with Crippen molar-refractivity contribution < 1.29 is 9.45 Å². The van der Waals surface area contributed by atoms with Crippen molar-refractivity contribution in [2.45, 2.75) is 31.7 Å². The van der Waals surface area contributed by atoms with Gasteiger partial charge < -0.3 is 9.84 Å². The van der Waals surface area contributed by atoms with E-state index in [-0.39, 0.29) is 11.2 Å². The van der Waals surface area contributed by atoms with Crippen molar-refractivity contribution in [2.75, 3.05) is 6.54 Å². The van der Waals surface area contributed by atoms with Crippen LogP contribution in [-0.2, 0) is 5.54 Å². The molecule has 0 bridgehead atoms. The molecule has 3 rings (SSSR count). The number of nitrogens with one attached hydrogen (secondary N) is 1. The van der Waals surface area contributed by atoms with Crippen molar-refractivity contribution in [3.8, 4) is 11.4 Å². The first-order chi connectivity index (χ1) is 10.1. The maximum Gasteiger partial charge on any atom is 0.269 e. The van der Waals surface area contributed by atoms with Crippen LogP contribution in [0.1, 0.15) is 32.1 Å². The molecule has 1 fully saturated rings. The van der Waals surface area contributed by atoms with Crippen molar-refractivity contribution in [3.05, 3.63) is 40.3 Å². The third kappa shape index (κ3) is 2.64. The molecule has 7 nitrogen and oxygen atoms in total. The molecule has 1 aromatic carbocycles. The zero-order valence-electron chi connectivity index (χ0n) is 11.7. The second-order valence-electron chi connectivity index (χ2n) is 5.44. The van der Waals surface area contributed by atoms with Gasteiger partial charge in [-0.15, -0.1) is 0 Å². The molecule has 0 saturated carbocycles. The number of hydrogen-bond acceptors (Lipinski definition) is 6. The highest BCUT2D eigenvalue weighted by Gasteiger charge is 2.34. The highest BCUT2D eigenvalue weighted by molar-refractivity contribution is 5.56. The number of hydrogen-bond donors (Lipinski definition) is 1. The smallest absolute Gasteiger partial charge is 0.269 e. The molecule has 110 valence electrons. The molecule has 1 unspecified atom stereocenters. The van der Waals surface area contributed by atoms with Crippen molar-refractivity contribution >= 4 is 5.69 Å². The summed E-state index contributed by atoms with van der Waals surface area (Å²) in [7, 11) is 0. The summed E-state index contributed by atoms with van der Waals surface area (Å²) in [5.41, 5.74) is 0.461. The normalized spacial score (nSPS) is 22.1. The topological polar surface area (TPSA) is 94.1 Å². The Kier molecular flexibility index (Phi) is 3.42. The van der Waals surface area contributed by atoms with Crippen LogP contribution in [-0.4, -0.2) is 21.6 Å². The average molecular weight is 288 g/mol. The highest BCUT2D eigenvalue weighted by Crippen LogP contribution is 2.30. The van der Waals surface area contributed by atoms with Gasteiger partial charge in [0.25, 0.3) is 5.69 Å². The molecule has 0 aliphatic carbocycles. The van der Waals surface area contributed by atoms with Crippen LogP contribution in [0.3, 0.4) is 0 Å². The molecule has 1 N–H and O–H groups in total. The number of aromatic nitrogens is 2. The second kappa shape index (κ2) is 5.25. The Morgan fingerprint density at radius 1 is 1.33 bits per heavy atom. The summed E-state index contributed by atoms with van der Waals surface area (Å²) < 4.78 is 5.38. The molecule has 0 spiro atoms. The molecule has 1 aliphatic rings. The van der Waals surface area contributed by atoms with Gasteiger partial charge in [-0.2, -0.15) is 4.98 Å². The van der Waals surface area contributed by atoms with E-state index in [1.54, 1.807) is 12.1 Å². The standard InChI is InChI=1S/C14H16N4O3/c1-14(8-2-3-9-15-14)13-16-12(17-21-13)10-4-6-11(7-5-10)18(19)20/h4-7,15H,2-3,8-9H2,1H3. The lowest BCUT2D eigenvalue weighted by molar-refractivity contribution is -0.384. The Bertz CT molecular complexity index is 644. The number of rotatable bonds is 3. The van der Waals surface area contributed by atoms with Gasteiger partial charge in [0.1, 0.15) is 0 Å². The molecule has 2 heterocycles. The zero-order chi connectivity index (χ0) is 14.9. The minimum Gasteiger partial charge on any atom is -0.337 e. The van der Waals surface area contributed by atoms with Gasteiger partial charge in [0.05, 0.1) is 10.5 Å². The Morgan fingerprint density at radius 3 is 2.71 bits per heavy atom. The maximum atomic E-state index is 10.6. The third-order valence-electron chi connectivity index (χ3n) is 3.85. The third-order valence-corrected chi connectivity index (χ3v) is 3.85. The molecule has 21 heavy (non-hydrogen) atoms. The lowest BCUT2D eigenvalue weighted by atomic mass is 9.91. The molecule has 2 aromatic rings. The first-order valence-electron chi connectivity index (χ1n) is 6.92. The summed E-state index contributed by atoms with van der Waals surface area (Å²) in [5, 5.41) is 18.0. The monoisotopic (exact) mass is 288 g/mol. The molecule has 0 amide bonds. The molecular formula is C14H16N4O3. The van der Waals surface area contributed by atoms with E-state index in [0.29, 0.717) is 17.3 Å². The summed E-state index contributed by atoms with van der Waals surface area (Å²) in [6.45, 7) is 2.99. The van der Waals surface area contributed by atoms with E-state index in [1.165, 1.54) is 12.1 Å². The van der Waals surface area contributed by atoms with Crippen LogP contribution >= 0.6 is 0 Å². The van der Waals surface area contributed by atoms with E-state index in [4.69, 9.17) is 4.52 Å². The van der Waals surface area contributed by atoms with E-state index in [9.17, 15) is 10.1 Å². The first-order valence-corrected chi connectivity index (χ1v) is 6.92. The van der Waals surface area contributed by atoms with Crippen LogP contribution in [0.25, 0.3) is 11.4 Å². The second-order valence-corrected chi connectivity index (χ2v) is 5.44. The fourth-order valence-corrected chi connectivity index (χ4v) is 2.54. The molecule has 7 heteroatoms. The quantitative estimate of drug-likeness (QED) is 0.689. The van der Waals surface area contributed by atoms with Gasteiger partial charge in [-0.1, -0.05) is 5.16 Å². The molecule has 1 aromatic heterocycles. The summed E-state index contributed by atoms with van der Waals surface area (Å²) in [6.07, 6.45) is 3.23. The summed E-state index contributed by atoms with van der Waals surface area (Å²) >= 11 is 0. The molecular weight excluding hydrogens is 272 g/mol. The van der Waals surface area contributed by atoms with Crippen LogP contribution in [0.15, 0.2) is 28.8 Å². The maximum absolute atomic E-state index is 10.6. The van der Waals surface area contributed by atoms with Crippen LogP contribution in [0.2, 0.25) is 0 Å². The predicted molar refractivity (Wildman–Crippen MR) is 75.6 cm³/mol. The molecule has 0 radical (unpaired) electrons. The van der Waals surface area contributed by atoms with Crippen molar-refractivity contribution in [1.82, 2.24) is 15.5 Å². The predicted octanol–water partition coefficient (Wildman–Crippen LogP) is 2.63. The van der Waals surface area contributed by atoms with Gasteiger partial charge >= 0.3 is 0 Å². The van der Waals surface area contributed by atoms with Crippen LogP contribution in [0.4, 0.5) is 5.69 Å². The fourth-order valence-electron chi connectivity index (χ4n) is 2.54. The largest absolute Gasteiger partial charge is 0.337 e. The van der Waals surface area contributed by atoms with Crippen LogP contribution < -0.4 is 5.32 Å². The Balaban J connectivity index is 1.85. The van der Waals surface area contributed by atoms with Gasteiger partial charge in [0.2, 0.25) is 11.7 Å². The lowest BCUT2D eigenvalue weighted by Gasteiger charge is -2.31. The molecule has 1 saturated heterocycles. The van der Waals surface area contributed by atoms with Gasteiger partial charge in [0, 0.05) is 17.7 Å². The Morgan fingerprint density at radius 2 is 2.10 bits per heavy atom. The van der Waals surface area contributed by atoms with E-state index >= 15 is 0 Å². The number of nitro groups is 1.